The minimum absolute atomic E-state index is 0.128. The van der Waals surface area contributed by atoms with E-state index in [2.05, 4.69) is 15.0 Å². The molecule has 0 saturated carbocycles. The van der Waals surface area contributed by atoms with Crippen molar-refractivity contribution in [1.29, 1.82) is 0 Å². The molecule has 23 heteroatoms. The fourth-order valence-electron chi connectivity index (χ4n) is 2.15. The Labute approximate surface area is 183 Å². The molecule has 2 aromatic rings. The third-order valence-corrected chi connectivity index (χ3v) is 3.03. The molecule has 2 aromatic heterocycles. The molecule has 1 saturated heterocycles. The van der Waals surface area contributed by atoms with E-state index in [1.165, 1.54) is 12.7 Å². The van der Waals surface area contributed by atoms with Crippen LogP contribution < -0.4 is 5.73 Å². The van der Waals surface area contributed by atoms with Gasteiger partial charge in [0, 0.05) is 6.42 Å². The molecule has 0 radical (unpaired) electrons. The number of fused-ring (bicyclic) bond motifs is 1. The second kappa shape index (κ2) is 12.9. The summed E-state index contributed by atoms with van der Waals surface area (Å²) in [6.07, 6.45) is 1.52. The molecule has 33 heavy (non-hydrogen) atoms. The number of imidazole rings is 1. The lowest BCUT2D eigenvalue weighted by atomic mass is 10.2. The molecule has 0 aromatic carbocycles. The average Bonchev–Trinajstić information content (AvgIpc) is 3.14. The molecular formula is C10H22N5O15P3. The Morgan fingerprint density at radius 2 is 1.39 bits per heavy atom. The maximum absolute atomic E-state index is 9.93. The number of aliphatic hydroxyl groups excluding tert-OH is 2. The summed E-state index contributed by atoms with van der Waals surface area (Å²) < 4.78 is 33.8. The number of rotatable bonds is 2. The highest BCUT2D eigenvalue weighted by Crippen LogP contribution is 2.31. The van der Waals surface area contributed by atoms with Crippen LogP contribution in [0.5, 0.6) is 0 Å². The van der Waals surface area contributed by atoms with Gasteiger partial charge in [0.1, 0.15) is 17.9 Å². The van der Waals surface area contributed by atoms with E-state index in [-0.39, 0.29) is 18.5 Å². The zero-order chi connectivity index (χ0) is 26.2. The zero-order valence-electron chi connectivity index (χ0n) is 16.1. The van der Waals surface area contributed by atoms with Gasteiger partial charge in [-0.15, -0.1) is 0 Å². The van der Waals surface area contributed by atoms with Crippen molar-refractivity contribution in [3.8, 4) is 0 Å². The van der Waals surface area contributed by atoms with Crippen LogP contribution in [-0.4, -0.2) is 92.6 Å². The van der Waals surface area contributed by atoms with Gasteiger partial charge in [-0.3, -0.25) is 4.57 Å². The summed E-state index contributed by atoms with van der Waals surface area (Å²) in [4.78, 5) is 76.7. The number of anilines is 1. The van der Waals surface area contributed by atoms with Crippen molar-refractivity contribution >= 4 is 40.4 Å². The predicted octanol–water partition coefficient (Wildman–Crippen LogP) is -3.74. The Morgan fingerprint density at radius 1 is 0.939 bits per heavy atom. The number of aliphatic hydroxyl groups is 2. The molecule has 1 aliphatic rings. The Morgan fingerprint density at radius 3 is 1.79 bits per heavy atom. The molecular weight excluding hydrogens is 523 g/mol. The van der Waals surface area contributed by atoms with Gasteiger partial charge < -0.3 is 64.7 Å². The van der Waals surface area contributed by atoms with Gasteiger partial charge in [-0.25, -0.2) is 28.6 Å². The van der Waals surface area contributed by atoms with Gasteiger partial charge in [0.15, 0.2) is 17.7 Å². The maximum Gasteiger partial charge on any atom is 0.466 e. The SMILES string of the molecule is Nc1ncnc2c1ncn2[C@@H]1O[C@H](CO)C[C@H]1O.O=P(O)(O)O.O=P(O)(O)O.O=P(O)(O)O. The van der Waals surface area contributed by atoms with Crippen molar-refractivity contribution in [2.45, 2.75) is 24.9 Å². The van der Waals surface area contributed by atoms with Gasteiger partial charge in [0.05, 0.1) is 19.0 Å². The smallest absolute Gasteiger partial charge is 0.394 e. The van der Waals surface area contributed by atoms with E-state index >= 15 is 0 Å². The molecule has 1 fully saturated rings. The van der Waals surface area contributed by atoms with Crippen molar-refractivity contribution in [1.82, 2.24) is 19.5 Å². The number of nitrogen functional groups attached to an aromatic ring is 1. The van der Waals surface area contributed by atoms with Crippen molar-refractivity contribution in [2.24, 2.45) is 0 Å². The summed E-state index contributed by atoms with van der Waals surface area (Å²) in [6.45, 7) is -0.128. The van der Waals surface area contributed by atoms with Crippen molar-refractivity contribution in [3.63, 3.8) is 0 Å². The number of hydrogen-bond donors (Lipinski definition) is 12. The molecule has 0 unspecified atom stereocenters. The Hall–Kier alpha value is -1.44. The van der Waals surface area contributed by atoms with Gasteiger partial charge in [0.25, 0.3) is 0 Å². The van der Waals surface area contributed by atoms with Gasteiger partial charge in [0.2, 0.25) is 0 Å². The van der Waals surface area contributed by atoms with Crippen molar-refractivity contribution in [2.75, 3.05) is 12.3 Å². The molecule has 1 aliphatic heterocycles. The van der Waals surface area contributed by atoms with E-state index in [9.17, 15) is 5.11 Å². The minimum Gasteiger partial charge on any atom is -0.394 e. The molecule has 0 spiro atoms. The summed E-state index contributed by atoms with van der Waals surface area (Å²) >= 11 is 0. The van der Waals surface area contributed by atoms with E-state index in [0.29, 0.717) is 17.6 Å². The number of nitrogens with two attached hydrogens (primary N) is 1. The summed E-state index contributed by atoms with van der Waals surface area (Å²) in [5.74, 6) is 0.282. The molecule has 0 bridgehead atoms. The third-order valence-electron chi connectivity index (χ3n) is 3.03. The van der Waals surface area contributed by atoms with Gasteiger partial charge in [-0.05, 0) is 0 Å². The second-order valence-corrected chi connectivity index (χ2v) is 8.84. The normalized spacial score (nSPS) is 20.6. The van der Waals surface area contributed by atoms with Crippen LogP contribution in [0.2, 0.25) is 0 Å². The quantitative estimate of drug-likeness (QED) is 0.161. The van der Waals surface area contributed by atoms with E-state index < -0.39 is 35.8 Å². The molecule has 0 amide bonds. The Balaban J connectivity index is 0.000000564. The molecule has 192 valence electrons. The van der Waals surface area contributed by atoms with Gasteiger partial charge in [-0.1, -0.05) is 0 Å². The van der Waals surface area contributed by atoms with Crippen LogP contribution in [0, 0.1) is 0 Å². The van der Waals surface area contributed by atoms with Crippen molar-refractivity contribution < 1.29 is 72.7 Å². The van der Waals surface area contributed by atoms with Gasteiger partial charge >= 0.3 is 23.5 Å². The van der Waals surface area contributed by atoms with Crippen LogP contribution in [0.25, 0.3) is 11.2 Å². The van der Waals surface area contributed by atoms with E-state index in [1.807, 2.05) is 0 Å². The summed E-state index contributed by atoms with van der Waals surface area (Å²) in [5, 5.41) is 19.0. The summed E-state index contributed by atoms with van der Waals surface area (Å²) in [6, 6.07) is 0. The molecule has 20 nitrogen and oxygen atoms in total. The fourth-order valence-corrected chi connectivity index (χ4v) is 2.15. The highest BCUT2D eigenvalue weighted by Gasteiger charge is 2.35. The lowest BCUT2D eigenvalue weighted by molar-refractivity contribution is -0.0486. The van der Waals surface area contributed by atoms with Crippen LogP contribution in [0.15, 0.2) is 12.7 Å². The van der Waals surface area contributed by atoms with Crippen LogP contribution in [0.3, 0.4) is 0 Å². The van der Waals surface area contributed by atoms with E-state index in [4.69, 9.17) is 73.3 Å². The number of phosphoric acid groups is 3. The first kappa shape index (κ1) is 31.6. The van der Waals surface area contributed by atoms with Crippen molar-refractivity contribution in [3.05, 3.63) is 12.7 Å². The molecule has 3 rings (SSSR count). The van der Waals surface area contributed by atoms with Crippen LogP contribution in [0.4, 0.5) is 5.82 Å². The fraction of sp³-hybridized carbons (Fsp3) is 0.500. The third kappa shape index (κ3) is 15.9. The lowest BCUT2D eigenvalue weighted by Crippen LogP contribution is -2.19. The highest BCUT2D eigenvalue weighted by molar-refractivity contribution is 7.45. The zero-order valence-corrected chi connectivity index (χ0v) is 18.7. The highest BCUT2D eigenvalue weighted by atomic mass is 31.2. The monoisotopic (exact) mass is 545 g/mol. The van der Waals surface area contributed by atoms with Crippen LogP contribution >= 0.6 is 23.5 Å². The summed E-state index contributed by atoms with van der Waals surface area (Å²) in [5.41, 5.74) is 6.66. The number of ether oxygens (including phenoxy) is 1. The maximum atomic E-state index is 9.93. The standard InChI is InChI=1S/C10H13N5O3.3H3O4P/c11-8-7-9(13-3-12-8)15(4-14-7)10-6(17)1-5(2-16)18-10;3*1-5(2,3)4/h3-6,10,16-17H,1-2H2,(H2,11,12,13);3*(H3,1,2,3,4)/t5-,6+,10+;;;/m0.../s1. The van der Waals surface area contributed by atoms with E-state index in [1.54, 1.807) is 4.57 Å². The van der Waals surface area contributed by atoms with E-state index in [0.717, 1.165) is 0 Å². The first-order valence-electron chi connectivity index (χ1n) is 7.93. The molecule has 3 heterocycles. The first-order valence-corrected chi connectivity index (χ1v) is 12.6. The second-order valence-electron chi connectivity index (χ2n) is 5.76. The van der Waals surface area contributed by atoms with Gasteiger partial charge in [-0.2, -0.15) is 0 Å². The van der Waals surface area contributed by atoms with Crippen LogP contribution in [-0.2, 0) is 18.4 Å². The predicted molar refractivity (Wildman–Crippen MR) is 104 cm³/mol. The summed E-state index contributed by atoms with van der Waals surface area (Å²) in [7, 11) is -13.9. The molecule has 0 aliphatic carbocycles. The number of aromatic nitrogens is 4. The Bertz CT molecular complexity index is 945. The number of nitrogens with zero attached hydrogens (tertiary/aromatic N) is 4. The largest absolute Gasteiger partial charge is 0.466 e. The first-order chi connectivity index (χ1) is 14.7. The topological polar surface area (TPSA) is 353 Å². The Kier molecular flexibility index (Phi) is 12.3. The lowest BCUT2D eigenvalue weighted by Gasteiger charge is -2.16. The minimum atomic E-state index is -4.64. The molecule has 3 atom stereocenters. The molecule has 13 N–H and O–H groups in total. The van der Waals surface area contributed by atoms with Crippen LogP contribution in [0.1, 0.15) is 12.6 Å². The number of hydrogen-bond acceptors (Lipinski definition) is 10. The average molecular weight is 545 g/mol.